The Hall–Kier alpha value is -3.32. The zero-order valence-corrected chi connectivity index (χ0v) is 14.5. The summed E-state index contributed by atoms with van der Waals surface area (Å²) in [5, 5.41) is 6.94. The standard InChI is InChI=1S/C18H15ClN4O3/c1-11-15(16(23-26-11)13-9-5-6-10-14(13)19)17(24)21-22-18(25)20-12-7-3-2-4-8-12/h2-10H,1H3,(H,21,24)(H2,20,22,25). The van der Waals surface area contributed by atoms with Crippen LogP contribution in [-0.4, -0.2) is 17.1 Å². The number of hydrogen-bond acceptors (Lipinski definition) is 4. The fourth-order valence-electron chi connectivity index (χ4n) is 2.34. The predicted octanol–water partition coefficient (Wildman–Crippen LogP) is 3.77. The molecule has 26 heavy (non-hydrogen) atoms. The highest BCUT2D eigenvalue weighted by Gasteiger charge is 2.23. The van der Waals surface area contributed by atoms with E-state index in [-0.39, 0.29) is 5.56 Å². The molecule has 0 saturated heterocycles. The number of carbonyl (C=O) groups excluding carboxylic acids is 2. The van der Waals surface area contributed by atoms with Gasteiger partial charge in [0.25, 0.3) is 5.91 Å². The number of urea groups is 1. The summed E-state index contributed by atoms with van der Waals surface area (Å²) in [5.41, 5.74) is 6.27. The summed E-state index contributed by atoms with van der Waals surface area (Å²) >= 11 is 6.17. The minimum Gasteiger partial charge on any atom is -0.360 e. The highest BCUT2D eigenvalue weighted by Crippen LogP contribution is 2.30. The number of aryl methyl sites for hydroxylation is 1. The van der Waals surface area contributed by atoms with E-state index in [9.17, 15) is 9.59 Å². The lowest BCUT2D eigenvalue weighted by Gasteiger charge is -2.09. The van der Waals surface area contributed by atoms with Crippen molar-refractivity contribution in [2.75, 3.05) is 5.32 Å². The third kappa shape index (κ3) is 3.84. The van der Waals surface area contributed by atoms with E-state index in [1.54, 1.807) is 55.5 Å². The lowest BCUT2D eigenvalue weighted by atomic mass is 10.1. The van der Waals surface area contributed by atoms with Gasteiger partial charge >= 0.3 is 6.03 Å². The Morgan fingerprint density at radius 3 is 2.42 bits per heavy atom. The van der Waals surface area contributed by atoms with Gasteiger partial charge in [-0.2, -0.15) is 0 Å². The Balaban J connectivity index is 1.72. The van der Waals surface area contributed by atoms with Crippen molar-refractivity contribution in [1.82, 2.24) is 16.0 Å². The molecule has 0 radical (unpaired) electrons. The summed E-state index contributed by atoms with van der Waals surface area (Å²) in [4.78, 5) is 24.4. The first-order chi connectivity index (χ1) is 12.6. The Bertz CT molecular complexity index is 941. The number of anilines is 1. The first-order valence-electron chi connectivity index (χ1n) is 7.70. The molecule has 8 heteroatoms. The van der Waals surface area contributed by atoms with Gasteiger partial charge in [-0.25, -0.2) is 10.2 Å². The zero-order valence-electron chi connectivity index (χ0n) is 13.7. The number of halogens is 1. The second-order valence-electron chi connectivity index (χ2n) is 5.34. The van der Waals surface area contributed by atoms with Gasteiger partial charge in [0, 0.05) is 11.3 Å². The molecule has 3 aromatic rings. The Kier molecular flexibility index (Phi) is 5.19. The van der Waals surface area contributed by atoms with Crippen LogP contribution in [0.3, 0.4) is 0 Å². The van der Waals surface area contributed by atoms with Crippen molar-refractivity contribution in [3.8, 4) is 11.3 Å². The topological polar surface area (TPSA) is 96.3 Å². The highest BCUT2D eigenvalue weighted by molar-refractivity contribution is 6.33. The smallest absolute Gasteiger partial charge is 0.337 e. The first kappa shape index (κ1) is 17.5. The van der Waals surface area contributed by atoms with Crippen LogP contribution in [-0.2, 0) is 0 Å². The second kappa shape index (κ2) is 7.71. The fourth-order valence-corrected chi connectivity index (χ4v) is 2.56. The van der Waals surface area contributed by atoms with E-state index in [4.69, 9.17) is 16.1 Å². The van der Waals surface area contributed by atoms with Crippen LogP contribution in [0.1, 0.15) is 16.1 Å². The number of hydrogen-bond donors (Lipinski definition) is 3. The summed E-state index contributed by atoms with van der Waals surface area (Å²) in [6.07, 6.45) is 0. The van der Waals surface area contributed by atoms with Gasteiger partial charge in [0.2, 0.25) is 0 Å². The van der Waals surface area contributed by atoms with Crippen molar-refractivity contribution < 1.29 is 14.1 Å². The number of carbonyl (C=O) groups is 2. The summed E-state index contributed by atoms with van der Waals surface area (Å²) in [5.74, 6) is -0.260. The largest absolute Gasteiger partial charge is 0.360 e. The number of amides is 3. The van der Waals surface area contributed by atoms with Crippen LogP contribution in [0, 0.1) is 6.92 Å². The summed E-state index contributed by atoms with van der Waals surface area (Å²) in [6, 6.07) is 15.2. The van der Waals surface area contributed by atoms with Gasteiger partial charge in [-0.15, -0.1) is 0 Å². The third-order valence-electron chi connectivity index (χ3n) is 3.54. The van der Waals surface area contributed by atoms with Crippen molar-refractivity contribution in [3.63, 3.8) is 0 Å². The van der Waals surface area contributed by atoms with E-state index in [1.807, 2.05) is 6.07 Å². The average molecular weight is 371 g/mol. The molecule has 0 aliphatic heterocycles. The molecule has 3 rings (SSSR count). The van der Waals surface area contributed by atoms with Crippen LogP contribution in [0.4, 0.5) is 10.5 Å². The molecule has 0 fully saturated rings. The van der Waals surface area contributed by atoms with E-state index in [2.05, 4.69) is 21.3 Å². The highest BCUT2D eigenvalue weighted by atomic mass is 35.5. The maximum Gasteiger partial charge on any atom is 0.337 e. The lowest BCUT2D eigenvalue weighted by Crippen LogP contribution is -2.44. The maximum absolute atomic E-state index is 12.5. The fraction of sp³-hybridized carbons (Fsp3) is 0.0556. The van der Waals surface area contributed by atoms with E-state index < -0.39 is 11.9 Å². The SMILES string of the molecule is Cc1onc(-c2ccccc2Cl)c1C(=O)NNC(=O)Nc1ccccc1. The number of aromatic nitrogens is 1. The Morgan fingerprint density at radius 2 is 1.69 bits per heavy atom. The normalized spacial score (nSPS) is 10.2. The number of hydrazine groups is 1. The molecular weight excluding hydrogens is 356 g/mol. The molecule has 0 aliphatic carbocycles. The summed E-state index contributed by atoms with van der Waals surface area (Å²) in [7, 11) is 0. The van der Waals surface area contributed by atoms with Gasteiger partial charge in [0.15, 0.2) is 0 Å². The van der Waals surface area contributed by atoms with Crippen LogP contribution in [0.2, 0.25) is 5.02 Å². The van der Waals surface area contributed by atoms with Gasteiger partial charge in [-0.3, -0.25) is 10.2 Å². The molecule has 0 bridgehead atoms. The molecular formula is C18H15ClN4O3. The molecule has 1 aromatic heterocycles. The Labute approximate surface area is 154 Å². The number of nitrogens with one attached hydrogen (secondary N) is 3. The van der Waals surface area contributed by atoms with Gasteiger partial charge in [0.1, 0.15) is 17.0 Å². The van der Waals surface area contributed by atoms with E-state index in [0.717, 1.165) is 0 Å². The number of para-hydroxylation sites is 1. The minimum absolute atomic E-state index is 0.193. The van der Waals surface area contributed by atoms with E-state index >= 15 is 0 Å². The van der Waals surface area contributed by atoms with Crippen LogP contribution in [0.25, 0.3) is 11.3 Å². The Morgan fingerprint density at radius 1 is 1.00 bits per heavy atom. The molecule has 3 amide bonds. The molecule has 132 valence electrons. The molecule has 7 nitrogen and oxygen atoms in total. The van der Waals surface area contributed by atoms with Crippen molar-refractivity contribution in [2.45, 2.75) is 6.92 Å². The number of nitrogens with zero attached hydrogens (tertiary/aromatic N) is 1. The lowest BCUT2D eigenvalue weighted by molar-refractivity contribution is 0.0937. The third-order valence-corrected chi connectivity index (χ3v) is 3.87. The van der Waals surface area contributed by atoms with E-state index in [0.29, 0.717) is 27.7 Å². The average Bonchev–Trinajstić information content (AvgIpc) is 3.02. The molecule has 0 unspecified atom stereocenters. The maximum atomic E-state index is 12.5. The number of rotatable bonds is 3. The van der Waals surface area contributed by atoms with Crippen LogP contribution in [0.5, 0.6) is 0 Å². The van der Waals surface area contributed by atoms with Crippen molar-refractivity contribution in [3.05, 3.63) is 70.9 Å². The molecule has 0 saturated carbocycles. The monoisotopic (exact) mass is 370 g/mol. The molecule has 0 spiro atoms. The van der Waals surface area contributed by atoms with Crippen LogP contribution < -0.4 is 16.2 Å². The van der Waals surface area contributed by atoms with Crippen molar-refractivity contribution >= 4 is 29.2 Å². The van der Waals surface area contributed by atoms with Gasteiger partial charge in [0.05, 0.1) is 5.02 Å². The summed E-state index contributed by atoms with van der Waals surface area (Å²) < 4.78 is 5.13. The predicted molar refractivity (Wildman–Crippen MR) is 97.7 cm³/mol. The first-order valence-corrected chi connectivity index (χ1v) is 8.07. The van der Waals surface area contributed by atoms with Crippen LogP contribution in [0.15, 0.2) is 59.1 Å². The molecule has 0 atom stereocenters. The van der Waals surface area contributed by atoms with Crippen molar-refractivity contribution in [1.29, 1.82) is 0 Å². The minimum atomic E-state index is -0.585. The van der Waals surface area contributed by atoms with Gasteiger partial charge < -0.3 is 9.84 Å². The molecule has 2 aromatic carbocycles. The molecule has 0 aliphatic rings. The zero-order chi connectivity index (χ0) is 18.5. The van der Waals surface area contributed by atoms with Crippen LogP contribution >= 0.6 is 11.6 Å². The quantitative estimate of drug-likeness (QED) is 0.611. The second-order valence-corrected chi connectivity index (χ2v) is 5.75. The van der Waals surface area contributed by atoms with Crippen molar-refractivity contribution in [2.24, 2.45) is 0 Å². The van der Waals surface area contributed by atoms with E-state index in [1.165, 1.54) is 0 Å². The molecule has 3 N–H and O–H groups in total. The summed E-state index contributed by atoms with van der Waals surface area (Å²) in [6.45, 7) is 1.60. The molecule has 1 heterocycles. The van der Waals surface area contributed by atoms with Gasteiger partial charge in [-0.1, -0.05) is 53.2 Å². The number of benzene rings is 2. The van der Waals surface area contributed by atoms with Gasteiger partial charge in [-0.05, 0) is 25.1 Å².